The Morgan fingerprint density at radius 1 is 1.28 bits per heavy atom. The summed E-state index contributed by atoms with van der Waals surface area (Å²) in [6.07, 6.45) is 4.05. The van der Waals surface area contributed by atoms with Crippen molar-refractivity contribution in [3.8, 4) is 0 Å². The number of non-ortho nitro benzene ring substituents is 1. The highest BCUT2D eigenvalue weighted by Gasteiger charge is 2.14. The van der Waals surface area contributed by atoms with Crippen LogP contribution in [0, 0.1) is 10.1 Å². The molecule has 1 heterocycles. The van der Waals surface area contributed by atoms with Gasteiger partial charge in [-0.2, -0.15) is 0 Å². The van der Waals surface area contributed by atoms with Crippen molar-refractivity contribution in [2.24, 2.45) is 0 Å². The van der Waals surface area contributed by atoms with Gasteiger partial charge in [0.25, 0.3) is 5.69 Å². The third-order valence-corrected chi connectivity index (χ3v) is 4.75. The first-order chi connectivity index (χ1) is 12.0. The molecule has 0 unspecified atom stereocenters. The molecule has 0 saturated carbocycles. The Morgan fingerprint density at radius 3 is 2.72 bits per heavy atom. The number of nitro groups is 1. The van der Waals surface area contributed by atoms with Crippen molar-refractivity contribution in [2.75, 3.05) is 0 Å². The number of aromatic nitrogens is 1. The summed E-state index contributed by atoms with van der Waals surface area (Å²) in [6.45, 7) is 1.53. The minimum absolute atomic E-state index is 0.0319. The molecule has 0 bridgehead atoms. The van der Waals surface area contributed by atoms with Crippen LogP contribution in [-0.2, 0) is 11.2 Å². The fourth-order valence-electron chi connectivity index (χ4n) is 2.69. The topological polar surface area (TPSA) is 76.0 Å². The van der Waals surface area contributed by atoms with Gasteiger partial charge in [0, 0.05) is 40.1 Å². The lowest BCUT2D eigenvalue weighted by molar-refractivity contribution is -0.384. The van der Waals surface area contributed by atoms with Crippen molar-refractivity contribution < 1.29 is 9.72 Å². The van der Waals surface area contributed by atoms with E-state index < -0.39 is 4.92 Å². The lowest BCUT2D eigenvalue weighted by atomic mass is 9.99. The summed E-state index contributed by atoms with van der Waals surface area (Å²) in [7, 11) is 0. The standard InChI is InChI=1S/C19H15BrN2O3/c1-12(23)14(8-13-4-2-3-5-18(13)20)9-15-11-21-19-7-6-16(22(24)25)10-17(15)19/h2-8,10-11,21H,9H2,1H3/b14-8-. The van der Waals surface area contributed by atoms with Crippen molar-refractivity contribution >= 4 is 44.4 Å². The van der Waals surface area contributed by atoms with Gasteiger partial charge in [-0.15, -0.1) is 0 Å². The highest BCUT2D eigenvalue weighted by atomic mass is 79.9. The van der Waals surface area contributed by atoms with E-state index in [9.17, 15) is 14.9 Å². The summed E-state index contributed by atoms with van der Waals surface area (Å²) >= 11 is 3.48. The summed E-state index contributed by atoms with van der Waals surface area (Å²) in [6, 6.07) is 12.3. The molecule has 0 aliphatic rings. The molecule has 0 fully saturated rings. The quantitative estimate of drug-likeness (QED) is 0.370. The predicted molar refractivity (Wildman–Crippen MR) is 101 cm³/mol. The number of halogens is 1. The third-order valence-electron chi connectivity index (χ3n) is 4.03. The zero-order chi connectivity index (χ0) is 18.0. The Kier molecular flexibility index (Phi) is 4.81. The van der Waals surface area contributed by atoms with Crippen LogP contribution in [0.1, 0.15) is 18.1 Å². The number of hydrogen-bond donors (Lipinski definition) is 1. The van der Waals surface area contributed by atoms with Gasteiger partial charge < -0.3 is 4.98 Å². The Morgan fingerprint density at radius 2 is 2.04 bits per heavy atom. The molecular weight excluding hydrogens is 384 g/mol. The van der Waals surface area contributed by atoms with Crippen LogP contribution >= 0.6 is 15.9 Å². The number of H-pyrrole nitrogens is 1. The van der Waals surface area contributed by atoms with Gasteiger partial charge in [0.05, 0.1) is 4.92 Å². The molecule has 3 rings (SSSR count). The van der Waals surface area contributed by atoms with Gasteiger partial charge >= 0.3 is 0 Å². The number of ketones is 1. The highest BCUT2D eigenvalue weighted by molar-refractivity contribution is 9.10. The lowest BCUT2D eigenvalue weighted by Gasteiger charge is -2.05. The second-order valence-corrected chi connectivity index (χ2v) is 6.58. The molecule has 6 heteroatoms. The molecule has 0 aliphatic carbocycles. The average Bonchev–Trinajstić information content (AvgIpc) is 2.98. The molecule has 0 saturated heterocycles. The molecule has 0 aliphatic heterocycles. The van der Waals surface area contributed by atoms with Crippen molar-refractivity contribution in [2.45, 2.75) is 13.3 Å². The Bertz CT molecular complexity index is 1000. The number of nitrogens with one attached hydrogen (secondary N) is 1. The molecule has 3 aromatic rings. The third kappa shape index (κ3) is 3.69. The maximum Gasteiger partial charge on any atom is 0.270 e. The largest absolute Gasteiger partial charge is 0.361 e. The second kappa shape index (κ2) is 7.03. The SMILES string of the molecule is CC(=O)/C(=C\c1ccccc1Br)Cc1c[nH]c2ccc([N+](=O)[O-])cc12. The number of fused-ring (bicyclic) bond motifs is 1. The summed E-state index contributed by atoms with van der Waals surface area (Å²) in [5.41, 5.74) is 3.25. The second-order valence-electron chi connectivity index (χ2n) is 5.72. The highest BCUT2D eigenvalue weighted by Crippen LogP contribution is 2.27. The van der Waals surface area contributed by atoms with Gasteiger partial charge in [-0.1, -0.05) is 34.1 Å². The van der Waals surface area contributed by atoms with E-state index in [-0.39, 0.29) is 11.5 Å². The van der Waals surface area contributed by atoms with E-state index in [2.05, 4.69) is 20.9 Å². The first-order valence-electron chi connectivity index (χ1n) is 7.66. The molecule has 1 N–H and O–H groups in total. The summed E-state index contributed by atoms with van der Waals surface area (Å²) in [4.78, 5) is 25.8. The van der Waals surface area contributed by atoms with Gasteiger partial charge in [0.2, 0.25) is 0 Å². The number of carbonyl (C=O) groups is 1. The smallest absolute Gasteiger partial charge is 0.270 e. The van der Waals surface area contributed by atoms with Gasteiger partial charge in [-0.3, -0.25) is 14.9 Å². The van der Waals surface area contributed by atoms with Gasteiger partial charge in [-0.25, -0.2) is 0 Å². The van der Waals surface area contributed by atoms with Crippen molar-refractivity contribution in [3.63, 3.8) is 0 Å². The molecule has 2 aromatic carbocycles. The van der Waals surface area contributed by atoms with E-state index in [4.69, 9.17) is 0 Å². The summed E-state index contributed by atoms with van der Waals surface area (Å²) < 4.78 is 0.906. The Balaban J connectivity index is 2.02. The van der Waals surface area contributed by atoms with E-state index in [1.807, 2.05) is 30.3 Å². The molecule has 25 heavy (non-hydrogen) atoms. The van der Waals surface area contributed by atoms with Crippen molar-refractivity contribution in [3.05, 3.63) is 79.9 Å². The number of allylic oxidation sites excluding steroid dienone is 1. The number of benzene rings is 2. The van der Waals surface area contributed by atoms with Crippen LogP contribution in [0.15, 0.2) is 58.7 Å². The normalized spacial score (nSPS) is 11.7. The number of aromatic amines is 1. The molecule has 0 amide bonds. The minimum atomic E-state index is -0.418. The van der Waals surface area contributed by atoms with Crippen LogP contribution in [0.4, 0.5) is 5.69 Å². The number of hydrogen-bond acceptors (Lipinski definition) is 3. The van der Waals surface area contributed by atoms with Crippen molar-refractivity contribution in [1.82, 2.24) is 4.98 Å². The van der Waals surface area contributed by atoms with Gasteiger partial charge in [-0.05, 0) is 41.8 Å². The maximum atomic E-state index is 12.1. The first-order valence-corrected chi connectivity index (χ1v) is 8.45. The number of rotatable bonds is 5. The van der Waals surface area contributed by atoms with E-state index in [1.54, 1.807) is 12.3 Å². The van der Waals surface area contributed by atoms with Crippen LogP contribution in [0.25, 0.3) is 17.0 Å². The van der Waals surface area contributed by atoms with Crippen LogP contribution in [0.3, 0.4) is 0 Å². The Labute approximate surface area is 152 Å². The van der Waals surface area contributed by atoms with Crippen LogP contribution in [0.5, 0.6) is 0 Å². The number of Topliss-reactive ketones (excluding diaryl/α,β-unsaturated/α-hetero) is 1. The molecule has 126 valence electrons. The Hall–Kier alpha value is -2.73. The fourth-order valence-corrected chi connectivity index (χ4v) is 3.09. The molecule has 1 aromatic heterocycles. The zero-order valence-corrected chi connectivity index (χ0v) is 15.0. The number of carbonyl (C=O) groups excluding carboxylic acids is 1. The summed E-state index contributed by atoms with van der Waals surface area (Å²) in [5.74, 6) is -0.0319. The average molecular weight is 399 g/mol. The first kappa shape index (κ1) is 17.1. The van der Waals surface area contributed by atoms with Gasteiger partial charge in [0.15, 0.2) is 5.78 Å². The number of nitrogens with zero attached hydrogens (tertiary/aromatic N) is 1. The lowest BCUT2D eigenvalue weighted by Crippen LogP contribution is -2.00. The minimum Gasteiger partial charge on any atom is -0.361 e. The molecule has 0 radical (unpaired) electrons. The monoisotopic (exact) mass is 398 g/mol. The fraction of sp³-hybridized carbons (Fsp3) is 0.105. The molecule has 5 nitrogen and oxygen atoms in total. The summed E-state index contributed by atoms with van der Waals surface area (Å²) in [5, 5.41) is 11.8. The maximum absolute atomic E-state index is 12.1. The molecular formula is C19H15BrN2O3. The van der Waals surface area contributed by atoms with E-state index in [0.29, 0.717) is 12.0 Å². The van der Waals surface area contributed by atoms with Gasteiger partial charge in [0.1, 0.15) is 0 Å². The van der Waals surface area contributed by atoms with Crippen molar-refractivity contribution in [1.29, 1.82) is 0 Å². The van der Waals surface area contributed by atoms with Crippen LogP contribution in [0.2, 0.25) is 0 Å². The van der Waals surface area contributed by atoms with E-state index >= 15 is 0 Å². The van der Waals surface area contributed by atoms with E-state index in [0.717, 1.165) is 26.5 Å². The number of nitro benzene ring substituents is 1. The molecule has 0 atom stereocenters. The predicted octanol–water partition coefficient (Wildman–Crippen LogP) is 5.05. The zero-order valence-electron chi connectivity index (χ0n) is 13.5. The van der Waals surface area contributed by atoms with Crippen LogP contribution < -0.4 is 0 Å². The molecule has 0 spiro atoms. The van der Waals surface area contributed by atoms with Crippen LogP contribution in [-0.4, -0.2) is 15.7 Å². The van der Waals surface area contributed by atoms with E-state index in [1.165, 1.54) is 19.1 Å².